The summed E-state index contributed by atoms with van der Waals surface area (Å²) in [6.45, 7) is -0.0557. The van der Waals surface area contributed by atoms with Crippen LogP contribution in [-0.2, 0) is 31.5 Å². The standard InChI is InChI=1S/C26H22F8INO3S/c27-17-12-15(13-17)22(37)36-10-9-23(40(38,39)19-5-3-18(35)4-6-19)20-7-2-16(11-14(20)1-8-21(23)36)24(28,25(29,30)31)26(32,33)34/h2-7,11,15,17,21H,1,8-10,12-13H2/t15?,17?,21-,23-/m1/s1. The van der Waals surface area contributed by atoms with Crippen LogP contribution in [0.2, 0.25) is 0 Å². The van der Waals surface area contributed by atoms with E-state index in [2.05, 4.69) is 0 Å². The predicted molar refractivity (Wildman–Crippen MR) is 135 cm³/mol. The molecule has 0 N–H and O–H groups in total. The highest BCUT2D eigenvalue weighted by Crippen LogP contribution is 2.57. The van der Waals surface area contributed by atoms with Gasteiger partial charge in [0, 0.05) is 21.6 Å². The molecule has 218 valence electrons. The van der Waals surface area contributed by atoms with E-state index in [9.17, 15) is 48.3 Å². The highest BCUT2D eigenvalue weighted by molar-refractivity contribution is 14.1. The Morgan fingerprint density at radius 2 is 1.55 bits per heavy atom. The number of likely N-dealkylation sites (tertiary alicyclic amines) is 1. The van der Waals surface area contributed by atoms with Gasteiger partial charge < -0.3 is 4.90 Å². The van der Waals surface area contributed by atoms with E-state index in [4.69, 9.17) is 0 Å². The number of fused-ring (bicyclic) bond motifs is 3. The number of nitrogens with zero attached hydrogens (tertiary/aromatic N) is 1. The van der Waals surface area contributed by atoms with Gasteiger partial charge in [-0.3, -0.25) is 4.79 Å². The molecule has 0 radical (unpaired) electrons. The Labute approximate surface area is 238 Å². The molecule has 5 rings (SSSR count). The van der Waals surface area contributed by atoms with Crippen LogP contribution in [0.4, 0.5) is 35.1 Å². The summed E-state index contributed by atoms with van der Waals surface area (Å²) in [5, 5.41) is 0. The summed E-state index contributed by atoms with van der Waals surface area (Å²) in [7, 11) is -4.40. The van der Waals surface area contributed by atoms with E-state index in [0.717, 1.165) is 6.07 Å². The molecule has 0 spiro atoms. The number of hydrogen-bond donors (Lipinski definition) is 0. The maximum atomic E-state index is 14.9. The smallest absolute Gasteiger partial charge is 0.337 e. The van der Waals surface area contributed by atoms with Gasteiger partial charge in [-0.25, -0.2) is 17.2 Å². The van der Waals surface area contributed by atoms with Crippen molar-refractivity contribution >= 4 is 38.3 Å². The first-order valence-corrected chi connectivity index (χ1v) is 14.9. The highest BCUT2D eigenvalue weighted by atomic mass is 127. The first-order valence-electron chi connectivity index (χ1n) is 12.4. The summed E-state index contributed by atoms with van der Waals surface area (Å²) in [6, 6.07) is 6.35. The largest absolute Gasteiger partial charge is 0.435 e. The minimum absolute atomic E-state index is 0.00760. The number of carbonyl (C=O) groups is 1. The molecule has 2 aromatic carbocycles. The molecular formula is C26H22F8INO3S. The summed E-state index contributed by atoms with van der Waals surface area (Å²) < 4.78 is 137. The summed E-state index contributed by atoms with van der Waals surface area (Å²) >= 11 is 1.97. The molecule has 1 amide bonds. The lowest BCUT2D eigenvalue weighted by molar-refractivity contribution is -0.348. The number of rotatable bonds is 4. The summed E-state index contributed by atoms with van der Waals surface area (Å²) in [6.07, 6.45) is -14.3. The monoisotopic (exact) mass is 707 g/mol. The van der Waals surface area contributed by atoms with Gasteiger partial charge in [0.1, 0.15) is 10.9 Å². The first-order chi connectivity index (χ1) is 18.4. The lowest BCUT2D eigenvalue weighted by atomic mass is 9.76. The van der Waals surface area contributed by atoms with Crippen molar-refractivity contribution in [3.63, 3.8) is 0 Å². The van der Waals surface area contributed by atoms with Gasteiger partial charge in [-0.2, -0.15) is 26.3 Å². The Bertz CT molecular complexity index is 1420. The molecule has 0 unspecified atom stereocenters. The fourth-order valence-corrected chi connectivity index (χ4v) is 9.03. The average molecular weight is 707 g/mol. The Balaban J connectivity index is 1.68. The third-order valence-electron chi connectivity index (χ3n) is 8.38. The minimum atomic E-state index is -6.32. The number of sulfone groups is 1. The van der Waals surface area contributed by atoms with Crippen molar-refractivity contribution in [2.24, 2.45) is 5.92 Å². The quantitative estimate of drug-likeness (QED) is 0.268. The normalized spacial score (nSPS) is 27.1. The summed E-state index contributed by atoms with van der Waals surface area (Å²) in [4.78, 5) is 14.5. The van der Waals surface area contributed by atoms with Crippen LogP contribution in [0.1, 0.15) is 42.4 Å². The zero-order valence-electron chi connectivity index (χ0n) is 20.5. The van der Waals surface area contributed by atoms with Crippen molar-refractivity contribution in [1.82, 2.24) is 4.90 Å². The fraction of sp³-hybridized carbons (Fsp3) is 0.500. The van der Waals surface area contributed by atoms with Crippen LogP contribution in [0.5, 0.6) is 0 Å². The van der Waals surface area contributed by atoms with Crippen molar-refractivity contribution in [3.8, 4) is 0 Å². The zero-order chi connectivity index (χ0) is 29.5. The van der Waals surface area contributed by atoms with Crippen LogP contribution in [0.25, 0.3) is 0 Å². The van der Waals surface area contributed by atoms with Gasteiger partial charge in [0.25, 0.3) is 0 Å². The molecule has 40 heavy (non-hydrogen) atoms. The molecule has 2 fully saturated rings. The Hall–Kier alpha value is -1.97. The maximum Gasteiger partial charge on any atom is 0.435 e. The van der Waals surface area contributed by atoms with Crippen LogP contribution in [-0.4, -0.2) is 50.3 Å². The van der Waals surface area contributed by atoms with Crippen molar-refractivity contribution < 1.29 is 48.3 Å². The molecule has 0 bridgehead atoms. The van der Waals surface area contributed by atoms with Crippen LogP contribution in [0.15, 0.2) is 47.4 Å². The second-order valence-electron chi connectivity index (χ2n) is 10.5. The number of amides is 1. The molecule has 1 heterocycles. The Morgan fingerprint density at radius 3 is 2.10 bits per heavy atom. The van der Waals surface area contributed by atoms with Crippen molar-refractivity contribution in [2.45, 2.75) is 72.0 Å². The number of carbonyl (C=O) groups excluding carboxylic acids is 1. The highest BCUT2D eigenvalue weighted by Gasteiger charge is 2.74. The summed E-state index contributed by atoms with van der Waals surface area (Å²) in [5.74, 6) is -1.07. The van der Waals surface area contributed by atoms with E-state index in [1.165, 1.54) is 29.2 Å². The van der Waals surface area contributed by atoms with Crippen molar-refractivity contribution in [3.05, 3.63) is 62.7 Å². The number of benzene rings is 2. The predicted octanol–water partition coefficient (Wildman–Crippen LogP) is 6.55. The third kappa shape index (κ3) is 4.17. The van der Waals surface area contributed by atoms with Crippen LogP contribution in [0.3, 0.4) is 0 Å². The Morgan fingerprint density at radius 1 is 0.950 bits per heavy atom. The zero-order valence-corrected chi connectivity index (χ0v) is 23.5. The summed E-state index contributed by atoms with van der Waals surface area (Å²) in [5.41, 5.74) is -7.59. The molecule has 4 nitrogen and oxygen atoms in total. The van der Waals surface area contributed by atoms with Crippen LogP contribution in [0, 0.1) is 9.49 Å². The van der Waals surface area contributed by atoms with E-state index in [1.54, 1.807) is 0 Å². The van der Waals surface area contributed by atoms with Gasteiger partial charge in [-0.15, -0.1) is 0 Å². The van der Waals surface area contributed by atoms with Gasteiger partial charge in [0.05, 0.1) is 10.9 Å². The molecule has 2 aromatic rings. The van der Waals surface area contributed by atoms with Crippen molar-refractivity contribution in [1.29, 1.82) is 0 Å². The van der Waals surface area contributed by atoms with Gasteiger partial charge in [0.15, 0.2) is 9.84 Å². The molecule has 14 heteroatoms. The first kappa shape index (κ1) is 29.5. The van der Waals surface area contributed by atoms with Gasteiger partial charge >= 0.3 is 18.0 Å². The van der Waals surface area contributed by atoms with E-state index in [-0.39, 0.29) is 54.7 Å². The number of aryl methyl sites for hydroxylation is 1. The molecule has 2 aliphatic carbocycles. The molecule has 0 aromatic heterocycles. The second kappa shape index (κ2) is 9.53. The molecule has 3 aliphatic rings. The minimum Gasteiger partial charge on any atom is -0.337 e. The van der Waals surface area contributed by atoms with E-state index in [0.29, 0.717) is 15.7 Å². The number of halogens is 9. The van der Waals surface area contributed by atoms with Crippen molar-refractivity contribution in [2.75, 3.05) is 6.54 Å². The van der Waals surface area contributed by atoms with Gasteiger partial charge in [0.2, 0.25) is 5.91 Å². The fourth-order valence-electron chi connectivity index (χ4n) is 6.30. The van der Waals surface area contributed by atoms with E-state index < -0.39 is 62.2 Å². The molecule has 1 saturated carbocycles. The number of hydrogen-bond acceptors (Lipinski definition) is 3. The molecule has 1 aliphatic heterocycles. The van der Waals surface area contributed by atoms with Crippen LogP contribution < -0.4 is 0 Å². The van der Waals surface area contributed by atoms with Gasteiger partial charge in [-0.1, -0.05) is 18.2 Å². The molecule has 1 saturated heterocycles. The topological polar surface area (TPSA) is 54.5 Å². The van der Waals surface area contributed by atoms with Gasteiger partial charge in [-0.05, 0) is 90.1 Å². The number of alkyl halides is 8. The van der Waals surface area contributed by atoms with E-state index >= 15 is 0 Å². The molecule has 2 atom stereocenters. The third-order valence-corrected chi connectivity index (χ3v) is 11.6. The lowest BCUT2D eigenvalue weighted by Crippen LogP contribution is -2.54. The van der Waals surface area contributed by atoms with Crippen LogP contribution >= 0.6 is 22.6 Å². The average Bonchev–Trinajstić information content (AvgIpc) is 3.26. The SMILES string of the molecule is O=C(C1CC(F)C1)N1CC[C@@]2(S(=O)(=O)c3ccc(I)cc3)c3ccc(C(F)(C(F)(F)F)C(F)(F)F)cc3CC[C@@H]12. The Kier molecular flexibility index (Phi) is 7.03. The molecular weight excluding hydrogens is 685 g/mol. The van der Waals surface area contributed by atoms with E-state index in [1.807, 2.05) is 22.6 Å². The maximum absolute atomic E-state index is 14.9. The lowest BCUT2D eigenvalue weighted by Gasteiger charge is -2.44. The second-order valence-corrected chi connectivity index (χ2v) is 13.9.